The van der Waals surface area contributed by atoms with Crippen molar-refractivity contribution in [3.63, 3.8) is 0 Å². The highest BCUT2D eigenvalue weighted by atomic mass is 15.2. The first-order chi connectivity index (χ1) is 7.52. The fourth-order valence-electron chi connectivity index (χ4n) is 1.57. The largest absolute Gasteiger partial charge is 0.383 e. The summed E-state index contributed by atoms with van der Waals surface area (Å²) in [5, 5.41) is 0. The molecule has 0 radical (unpaired) electrons. The normalized spacial score (nSPS) is 10.8. The highest BCUT2D eigenvalue weighted by Gasteiger charge is 2.08. The number of nitrogen functional groups attached to an aromatic ring is 1. The van der Waals surface area contributed by atoms with Crippen LogP contribution in [0.25, 0.3) is 0 Å². The molecule has 2 N–H and O–H groups in total. The number of nitrogens with two attached hydrogens (primary N) is 1. The van der Waals surface area contributed by atoms with Gasteiger partial charge in [0.1, 0.15) is 18.0 Å². The average molecular weight is 223 g/mol. The predicted octanol–water partition coefficient (Wildman–Crippen LogP) is 0.755. The Hall–Kier alpha value is -1.36. The number of anilines is 2. The van der Waals surface area contributed by atoms with Crippen molar-refractivity contribution in [1.82, 2.24) is 14.9 Å². The summed E-state index contributed by atoms with van der Waals surface area (Å²) in [6.07, 6.45) is 2.62. The van der Waals surface area contributed by atoms with Crippen LogP contribution in [-0.4, -0.2) is 49.1 Å². The fourth-order valence-corrected chi connectivity index (χ4v) is 1.57. The van der Waals surface area contributed by atoms with Gasteiger partial charge in [-0.25, -0.2) is 9.97 Å². The van der Waals surface area contributed by atoms with E-state index in [1.165, 1.54) is 6.33 Å². The van der Waals surface area contributed by atoms with Crippen LogP contribution in [0.3, 0.4) is 0 Å². The number of rotatable bonds is 5. The molecule has 16 heavy (non-hydrogen) atoms. The zero-order valence-corrected chi connectivity index (χ0v) is 10.6. The molecule has 1 heterocycles. The van der Waals surface area contributed by atoms with E-state index in [1.54, 1.807) is 0 Å². The monoisotopic (exact) mass is 223 g/mol. The Kier molecular flexibility index (Phi) is 4.49. The van der Waals surface area contributed by atoms with Crippen molar-refractivity contribution in [2.75, 3.05) is 44.9 Å². The summed E-state index contributed by atoms with van der Waals surface area (Å²) in [4.78, 5) is 12.5. The number of hydrogen-bond donors (Lipinski definition) is 1. The molecule has 0 atom stereocenters. The molecule has 0 saturated carbocycles. The maximum absolute atomic E-state index is 5.75. The van der Waals surface area contributed by atoms with E-state index in [2.05, 4.69) is 33.9 Å². The maximum atomic E-state index is 5.75. The van der Waals surface area contributed by atoms with Gasteiger partial charge >= 0.3 is 0 Å². The van der Waals surface area contributed by atoms with Crippen LogP contribution >= 0.6 is 0 Å². The highest BCUT2D eigenvalue weighted by Crippen LogP contribution is 2.18. The van der Waals surface area contributed by atoms with E-state index in [9.17, 15) is 0 Å². The molecule has 0 fully saturated rings. The third-order valence-corrected chi connectivity index (χ3v) is 2.56. The minimum atomic E-state index is 0.560. The molecule has 0 aliphatic rings. The molecular formula is C11H21N5. The van der Waals surface area contributed by atoms with Crippen molar-refractivity contribution in [3.8, 4) is 0 Å². The molecule has 0 aliphatic heterocycles. The minimum Gasteiger partial charge on any atom is -0.383 e. The lowest BCUT2D eigenvalue weighted by Gasteiger charge is -2.21. The highest BCUT2D eigenvalue weighted by molar-refractivity contribution is 5.55. The second kappa shape index (κ2) is 5.65. The van der Waals surface area contributed by atoms with Gasteiger partial charge in [-0.2, -0.15) is 0 Å². The van der Waals surface area contributed by atoms with Gasteiger partial charge in [0, 0.05) is 19.2 Å². The molecule has 0 saturated heterocycles. The molecule has 90 valence electrons. The van der Waals surface area contributed by atoms with Gasteiger partial charge in [0.05, 0.1) is 0 Å². The summed E-state index contributed by atoms with van der Waals surface area (Å²) in [6, 6.07) is 0. The summed E-state index contributed by atoms with van der Waals surface area (Å²) >= 11 is 0. The zero-order chi connectivity index (χ0) is 12.1. The van der Waals surface area contributed by atoms with Crippen LogP contribution in [0.5, 0.6) is 0 Å². The smallest absolute Gasteiger partial charge is 0.136 e. The van der Waals surface area contributed by atoms with E-state index >= 15 is 0 Å². The Morgan fingerprint density at radius 1 is 1.19 bits per heavy atom. The molecule has 0 bridgehead atoms. The van der Waals surface area contributed by atoms with Crippen LogP contribution in [0, 0.1) is 6.92 Å². The van der Waals surface area contributed by atoms with Gasteiger partial charge in [-0.05, 0) is 34.0 Å². The summed E-state index contributed by atoms with van der Waals surface area (Å²) in [6.45, 7) is 3.99. The van der Waals surface area contributed by atoms with E-state index in [0.29, 0.717) is 5.82 Å². The van der Waals surface area contributed by atoms with Gasteiger partial charge < -0.3 is 15.5 Å². The minimum absolute atomic E-state index is 0.560. The maximum Gasteiger partial charge on any atom is 0.136 e. The van der Waals surface area contributed by atoms with Crippen LogP contribution in [0.1, 0.15) is 12.0 Å². The van der Waals surface area contributed by atoms with Crippen molar-refractivity contribution < 1.29 is 0 Å². The molecule has 0 aliphatic carbocycles. The van der Waals surface area contributed by atoms with E-state index in [4.69, 9.17) is 5.73 Å². The SMILES string of the molecule is Cc1c(N)ncnc1N(C)CCCN(C)C. The topological polar surface area (TPSA) is 58.3 Å². The van der Waals surface area contributed by atoms with Crippen molar-refractivity contribution in [3.05, 3.63) is 11.9 Å². The third kappa shape index (κ3) is 3.34. The van der Waals surface area contributed by atoms with E-state index in [-0.39, 0.29) is 0 Å². The number of aromatic nitrogens is 2. The molecule has 5 heteroatoms. The lowest BCUT2D eigenvalue weighted by atomic mass is 10.3. The Morgan fingerprint density at radius 2 is 1.88 bits per heavy atom. The standard InChI is InChI=1S/C11H21N5/c1-9-10(12)13-8-14-11(9)16(4)7-5-6-15(2)3/h8H,5-7H2,1-4H3,(H2,12,13,14). The van der Waals surface area contributed by atoms with Gasteiger partial charge in [0.15, 0.2) is 0 Å². The molecule has 0 amide bonds. The predicted molar refractivity (Wildman–Crippen MR) is 67.6 cm³/mol. The van der Waals surface area contributed by atoms with Gasteiger partial charge in [-0.1, -0.05) is 0 Å². The van der Waals surface area contributed by atoms with Gasteiger partial charge in [0.2, 0.25) is 0 Å². The lowest BCUT2D eigenvalue weighted by Crippen LogP contribution is -2.25. The van der Waals surface area contributed by atoms with Crippen molar-refractivity contribution in [1.29, 1.82) is 0 Å². The third-order valence-electron chi connectivity index (χ3n) is 2.56. The van der Waals surface area contributed by atoms with Crippen LogP contribution in [-0.2, 0) is 0 Å². The summed E-state index contributed by atoms with van der Waals surface area (Å²) < 4.78 is 0. The molecule has 5 nitrogen and oxygen atoms in total. The average Bonchev–Trinajstić information content (AvgIpc) is 2.21. The molecule has 0 unspecified atom stereocenters. The first-order valence-corrected chi connectivity index (χ1v) is 5.45. The van der Waals surface area contributed by atoms with Crippen LogP contribution in [0.4, 0.5) is 11.6 Å². The van der Waals surface area contributed by atoms with Crippen LogP contribution in [0.15, 0.2) is 6.33 Å². The quantitative estimate of drug-likeness (QED) is 0.798. The molecular weight excluding hydrogens is 202 g/mol. The Labute approximate surface area is 97.3 Å². The molecule has 0 aromatic carbocycles. The number of nitrogens with zero attached hydrogens (tertiary/aromatic N) is 4. The van der Waals surface area contributed by atoms with Crippen molar-refractivity contribution in [2.24, 2.45) is 0 Å². The van der Waals surface area contributed by atoms with Crippen LogP contribution in [0.2, 0.25) is 0 Å². The van der Waals surface area contributed by atoms with Crippen LogP contribution < -0.4 is 10.6 Å². The summed E-state index contributed by atoms with van der Waals surface area (Å²) in [5.41, 5.74) is 6.70. The molecule has 1 aromatic rings. The molecule has 1 rings (SSSR count). The van der Waals surface area contributed by atoms with E-state index < -0.39 is 0 Å². The second-order valence-electron chi connectivity index (χ2n) is 4.29. The first kappa shape index (κ1) is 12.7. The fraction of sp³-hybridized carbons (Fsp3) is 0.636. The van der Waals surface area contributed by atoms with Gasteiger partial charge in [-0.3, -0.25) is 0 Å². The van der Waals surface area contributed by atoms with Gasteiger partial charge in [0.25, 0.3) is 0 Å². The van der Waals surface area contributed by atoms with Gasteiger partial charge in [-0.15, -0.1) is 0 Å². The molecule has 1 aromatic heterocycles. The van der Waals surface area contributed by atoms with E-state index in [0.717, 1.165) is 30.9 Å². The lowest BCUT2D eigenvalue weighted by molar-refractivity contribution is 0.401. The Balaban J connectivity index is 2.59. The van der Waals surface area contributed by atoms with Crippen molar-refractivity contribution >= 4 is 11.6 Å². The molecule has 0 spiro atoms. The second-order valence-corrected chi connectivity index (χ2v) is 4.29. The first-order valence-electron chi connectivity index (χ1n) is 5.45. The van der Waals surface area contributed by atoms with Crippen molar-refractivity contribution in [2.45, 2.75) is 13.3 Å². The Morgan fingerprint density at radius 3 is 2.50 bits per heavy atom. The zero-order valence-electron chi connectivity index (χ0n) is 10.6. The Bertz CT molecular complexity index is 337. The van der Waals surface area contributed by atoms with E-state index in [1.807, 2.05) is 14.0 Å². The summed E-state index contributed by atoms with van der Waals surface area (Å²) in [7, 11) is 6.19. The number of hydrogen-bond acceptors (Lipinski definition) is 5. The summed E-state index contributed by atoms with van der Waals surface area (Å²) in [5.74, 6) is 1.48.